The van der Waals surface area contributed by atoms with Gasteiger partial charge in [-0.05, 0) is 63.4 Å². The van der Waals surface area contributed by atoms with Crippen molar-refractivity contribution in [2.24, 2.45) is 0 Å². The quantitative estimate of drug-likeness (QED) is 0.190. The summed E-state index contributed by atoms with van der Waals surface area (Å²) >= 11 is 0. The second-order valence-electron chi connectivity index (χ2n) is 12.8. The zero-order chi connectivity index (χ0) is 30.6. The van der Waals surface area contributed by atoms with Crippen LogP contribution in [0.4, 0.5) is 0 Å². The molecule has 0 unspecified atom stereocenters. The fourth-order valence-corrected chi connectivity index (χ4v) is 8.32. The van der Waals surface area contributed by atoms with E-state index in [1.54, 1.807) is 0 Å². The molecule has 7 aromatic carbocycles. The van der Waals surface area contributed by atoms with E-state index in [0.717, 1.165) is 33.8 Å². The van der Waals surface area contributed by atoms with Crippen LogP contribution in [0.25, 0.3) is 88.7 Å². The molecule has 0 saturated heterocycles. The average molecular weight is 596 g/mol. The smallest absolute Gasteiger partial charge is 0.244 e. The van der Waals surface area contributed by atoms with Crippen molar-refractivity contribution in [3.05, 3.63) is 152 Å². The molecule has 3 heteroatoms. The van der Waals surface area contributed by atoms with Crippen LogP contribution in [0.3, 0.4) is 0 Å². The lowest BCUT2D eigenvalue weighted by molar-refractivity contribution is 0.632. The van der Waals surface area contributed by atoms with Gasteiger partial charge >= 0.3 is 0 Å². The Bertz CT molecular complexity index is 2590. The molecule has 2 aliphatic rings. The lowest BCUT2D eigenvalue weighted by Crippen LogP contribution is -2.57. The molecule has 9 aromatic rings. The van der Waals surface area contributed by atoms with Gasteiger partial charge in [0.05, 0.1) is 0 Å². The Morgan fingerprint density at radius 3 is 1.49 bits per heavy atom. The average Bonchev–Trinajstić information content (AvgIpc) is 3.73. The first-order valence-electron chi connectivity index (χ1n) is 16.2. The van der Waals surface area contributed by atoms with Crippen LogP contribution in [-0.4, -0.2) is 6.71 Å². The van der Waals surface area contributed by atoms with Crippen molar-refractivity contribution in [2.75, 3.05) is 0 Å². The summed E-state index contributed by atoms with van der Waals surface area (Å²) in [4.78, 5) is 0. The predicted octanol–water partition coefficient (Wildman–Crippen LogP) is 9.81. The van der Waals surface area contributed by atoms with E-state index < -0.39 is 0 Å². The fourth-order valence-electron chi connectivity index (χ4n) is 8.32. The Kier molecular flexibility index (Phi) is 4.95. The van der Waals surface area contributed by atoms with Crippen LogP contribution in [0, 0.1) is 0 Å². The molecule has 0 N–H and O–H groups in total. The van der Waals surface area contributed by atoms with Crippen molar-refractivity contribution in [1.29, 1.82) is 0 Å². The molecule has 4 heterocycles. The van der Waals surface area contributed by atoms with Gasteiger partial charge < -0.3 is 8.83 Å². The van der Waals surface area contributed by atoms with Gasteiger partial charge in [0.15, 0.2) is 0 Å². The van der Waals surface area contributed by atoms with Gasteiger partial charge in [0, 0.05) is 33.0 Å². The molecule has 0 fully saturated rings. The van der Waals surface area contributed by atoms with Crippen LogP contribution in [0.5, 0.6) is 0 Å². The highest BCUT2D eigenvalue weighted by Crippen LogP contribution is 2.49. The molecular weight excluding hydrogens is 571 g/mol. The van der Waals surface area contributed by atoms with Gasteiger partial charge in [-0.25, -0.2) is 0 Å². The van der Waals surface area contributed by atoms with E-state index in [1.807, 2.05) is 0 Å². The number of furan rings is 2. The van der Waals surface area contributed by atoms with Gasteiger partial charge in [-0.1, -0.05) is 138 Å². The normalized spacial score (nSPS) is 12.6. The fraction of sp³-hybridized carbons (Fsp3) is 0. The van der Waals surface area contributed by atoms with Crippen molar-refractivity contribution in [3.8, 4) is 56.0 Å². The van der Waals surface area contributed by atoms with Gasteiger partial charge in [-0.2, -0.15) is 0 Å². The second-order valence-corrected chi connectivity index (χ2v) is 12.8. The molecule has 0 bridgehead atoms. The van der Waals surface area contributed by atoms with Crippen molar-refractivity contribution in [3.63, 3.8) is 0 Å². The van der Waals surface area contributed by atoms with E-state index in [9.17, 15) is 0 Å². The minimum Gasteiger partial charge on any atom is -0.455 e. The lowest BCUT2D eigenvalue weighted by Gasteiger charge is -2.32. The van der Waals surface area contributed by atoms with E-state index >= 15 is 0 Å². The lowest BCUT2D eigenvalue weighted by atomic mass is 9.31. The summed E-state index contributed by atoms with van der Waals surface area (Å²) in [6.07, 6.45) is 0. The molecule has 0 amide bonds. The number of hydrogen-bond donors (Lipinski definition) is 0. The number of fused-ring (bicyclic) bond motifs is 5. The van der Waals surface area contributed by atoms with Gasteiger partial charge in [0.1, 0.15) is 22.7 Å². The van der Waals surface area contributed by atoms with Crippen LogP contribution in [0.1, 0.15) is 0 Å². The van der Waals surface area contributed by atoms with Crippen LogP contribution in [-0.2, 0) is 0 Å². The van der Waals surface area contributed by atoms with Crippen LogP contribution in [0.15, 0.2) is 160 Å². The highest BCUT2D eigenvalue weighted by Gasteiger charge is 2.42. The Morgan fingerprint density at radius 1 is 0.383 bits per heavy atom. The summed E-state index contributed by atoms with van der Waals surface area (Å²) in [7, 11) is 0. The topological polar surface area (TPSA) is 26.3 Å². The van der Waals surface area contributed by atoms with Crippen LogP contribution < -0.4 is 16.4 Å². The standard InChI is InChI=1S/C44H25BO2/c1-3-12-27(13-4-1)43-38-32-24-31(30-22-21-26-11-7-8-16-29(26)23-30)25-33-39-41-35(45(42(32)33)34-17-9-19-36(46-43)40(34)38)18-10-20-37(41)47-44(39)28-14-5-2-6-15-28/h1-25H. The summed E-state index contributed by atoms with van der Waals surface area (Å²) < 4.78 is 13.6. The third-order valence-corrected chi connectivity index (χ3v) is 10.3. The highest BCUT2D eigenvalue weighted by atomic mass is 16.3. The molecule has 0 aliphatic carbocycles. The first-order chi connectivity index (χ1) is 23.3. The molecule has 2 aliphatic heterocycles. The first-order valence-corrected chi connectivity index (χ1v) is 16.2. The van der Waals surface area contributed by atoms with Crippen LogP contribution in [0.2, 0.25) is 0 Å². The molecule has 0 atom stereocenters. The largest absolute Gasteiger partial charge is 0.455 e. The third kappa shape index (κ3) is 3.41. The highest BCUT2D eigenvalue weighted by molar-refractivity contribution is 7.01. The minimum absolute atomic E-state index is 0.0560. The van der Waals surface area contributed by atoms with Crippen molar-refractivity contribution in [1.82, 2.24) is 0 Å². The minimum atomic E-state index is 0.0560. The maximum atomic E-state index is 6.82. The molecule has 11 rings (SSSR count). The Morgan fingerprint density at radius 2 is 0.915 bits per heavy atom. The second kappa shape index (κ2) is 9.25. The molecule has 47 heavy (non-hydrogen) atoms. The van der Waals surface area contributed by atoms with E-state index in [1.165, 1.54) is 71.3 Å². The molecule has 0 radical (unpaired) electrons. The zero-order valence-corrected chi connectivity index (χ0v) is 25.3. The first kappa shape index (κ1) is 25.2. The summed E-state index contributed by atoms with van der Waals surface area (Å²) in [5.74, 6) is 1.84. The molecule has 0 spiro atoms. The van der Waals surface area contributed by atoms with Crippen molar-refractivity contribution in [2.45, 2.75) is 0 Å². The summed E-state index contributed by atoms with van der Waals surface area (Å²) in [6, 6.07) is 54.5. The molecule has 0 saturated carbocycles. The number of rotatable bonds is 3. The Labute approximate surface area is 271 Å². The Balaban J connectivity index is 1.32. The summed E-state index contributed by atoms with van der Waals surface area (Å²) in [6.45, 7) is 0.0560. The molecule has 2 aromatic heterocycles. The zero-order valence-electron chi connectivity index (χ0n) is 25.3. The number of benzene rings is 7. The van der Waals surface area contributed by atoms with E-state index in [2.05, 4.69) is 152 Å². The van der Waals surface area contributed by atoms with E-state index in [-0.39, 0.29) is 6.71 Å². The third-order valence-electron chi connectivity index (χ3n) is 10.3. The SMILES string of the molecule is c1ccc(-c2oc3cccc4c3c2-c2cc(-c3ccc5ccccc5c3)cc3c2B4c2cccc4oc(-c5ccccc5)c-3c24)cc1. The van der Waals surface area contributed by atoms with Crippen molar-refractivity contribution >= 4 is 55.8 Å². The maximum absolute atomic E-state index is 6.82. The number of hydrogen-bond acceptors (Lipinski definition) is 2. The Hall–Kier alpha value is -6.06. The van der Waals surface area contributed by atoms with E-state index in [0.29, 0.717) is 0 Å². The summed E-state index contributed by atoms with van der Waals surface area (Å²) in [5, 5.41) is 4.89. The molecular formula is C44H25BO2. The monoisotopic (exact) mass is 596 g/mol. The van der Waals surface area contributed by atoms with Crippen LogP contribution >= 0.6 is 0 Å². The van der Waals surface area contributed by atoms with Gasteiger partial charge in [-0.15, -0.1) is 0 Å². The van der Waals surface area contributed by atoms with Crippen molar-refractivity contribution < 1.29 is 8.83 Å². The van der Waals surface area contributed by atoms with Gasteiger partial charge in [-0.3, -0.25) is 0 Å². The van der Waals surface area contributed by atoms with Gasteiger partial charge in [0.25, 0.3) is 0 Å². The predicted molar refractivity (Wildman–Crippen MR) is 195 cm³/mol. The van der Waals surface area contributed by atoms with E-state index in [4.69, 9.17) is 8.83 Å². The maximum Gasteiger partial charge on any atom is 0.244 e. The molecule has 2 nitrogen and oxygen atoms in total. The summed E-state index contributed by atoms with van der Waals surface area (Å²) in [5.41, 5.74) is 15.1. The molecule has 216 valence electrons. The van der Waals surface area contributed by atoms with Gasteiger partial charge in [0.2, 0.25) is 6.71 Å².